The Morgan fingerprint density at radius 2 is 2.00 bits per heavy atom. The van der Waals surface area contributed by atoms with Gasteiger partial charge >= 0.3 is 5.97 Å². The van der Waals surface area contributed by atoms with Crippen molar-refractivity contribution in [3.8, 4) is 0 Å². The summed E-state index contributed by atoms with van der Waals surface area (Å²) >= 11 is 9.95. The molecule has 1 saturated carbocycles. The minimum Gasteiger partial charge on any atom is -0.480 e. The monoisotopic (exact) mass is 401 g/mol. The highest BCUT2D eigenvalue weighted by Gasteiger charge is 2.43. The lowest BCUT2D eigenvalue weighted by atomic mass is 9.83. The number of halogens is 2. The zero-order valence-corrected chi connectivity index (χ0v) is 14.3. The number of carboxylic acids is 1. The summed E-state index contributed by atoms with van der Waals surface area (Å²) in [5.74, 6) is -1.12. The predicted molar refractivity (Wildman–Crippen MR) is 80.8 cm³/mol. The Bertz CT molecular complexity index is 603. The van der Waals surface area contributed by atoms with Gasteiger partial charge < -0.3 is 5.11 Å². The number of rotatable bonds is 4. The van der Waals surface area contributed by atoms with Crippen molar-refractivity contribution in [2.45, 2.75) is 41.9 Å². The third kappa shape index (κ3) is 3.19. The molecule has 5 nitrogen and oxygen atoms in total. The third-order valence-electron chi connectivity index (χ3n) is 3.33. The molecular formula is C11H13BrClNO4S2. The van der Waals surface area contributed by atoms with E-state index < -0.39 is 21.5 Å². The van der Waals surface area contributed by atoms with Crippen LogP contribution in [-0.2, 0) is 14.8 Å². The van der Waals surface area contributed by atoms with Gasteiger partial charge in [-0.2, -0.15) is 4.72 Å². The van der Waals surface area contributed by atoms with Gasteiger partial charge in [0.25, 0.3) is 10.0 Å². The van der Waals surface area contributed by atoms with Gasteiger partial charge in [-0.15, -0.1) is 11.3 Å². The first-order chi connectivity index (χ1) is 9.27. The molecule has 1 aromatic heterocycles. The SMILES string of the molecule is O=C(O)C1(NS(=O)(=O)c2cc(Cl)c(Br)s2)CCCCC1. The highest BCUT2D eigenvalue weighted by atomic mass is 79.9. The van der Waals surface area contributed by atoms with Gasteiger partial charge in [0.1, 0.15) is 9.75 Å². The first kappa shape index (κ1) is 16.2. The van der Waals surface area contributed by atoms with Crippen molar-refractivity contribution in [2.75, 3.05) is 0 Å². The summed E-state index contributed by atoms with van der Waals surface area (Å²) < 4.78 is 27.6. The zero-order valence-electron chi connectivity index (χ0n) is 10.4. The average molecular weight is 403 g/mol. The van der Waals surface area contributed by atoms with Gasteiger partial charge in [-0.1, -0.05) is 30.9 Å². The fourth-order valence-corrected chi connectivity index (χ4v) is 6.10. The van der Waals surface area contributed by atoms with E-state index in [0.29, 0.717) is 34.5 Å². The standard InChI is InChI=1S/C11H13BrClNO4S2/c12-9-7(13)6-8(19-9)20(17,18)14-11(10(15)16)4-2-1-3-5-11/h6,14H,1-5H2,(H,15,16). The molecule has 2 rings (SSSR count). The minimum atomic E-state index is -3.89. The Morgan fingerprint density at radius 1 is 1.40 bits per heavy atom. The van der Waals surface area contributed by atoms with Crippen LogP contribution in [0.15, 0.2) is 14.1 Å². The van der Waals surface area contributed by atoms with E-state index in [9.17, 15) is 18.3 Å². The molecule has 0 amide bonds. The predicted octanol–water partition coefficient (Wildman–Crippen LogP) is 3.23. The van der Waals surface area contributed by atoms with Crippen molar-refractivity contribution >= 4 is 54.9 Å². The number of hydrogen-bond donors (Lipinski definition) is 2. The number of thiophene rings is 1. The van der Waals surface area contributed by atoms with Crippen LogP contribution in [0.2, 0.25) is 5.02 Å². The van der Waals surface area contributed by atoms with Crippen molar-refractivity contribution in [1.29, 1.82) is 0 Å². The van der Waals surface area contributed by atoms with Crippen LogP contribution in [0.25, 0.3) is 0 Å². The molecule has 0 aromatic carbocycles. The number of carboxylic acid groups (broad SMARTS) is 1. The van der Waals surface area contributed by atoms with E-state index in [2.05, 4.69) is 20.7 Å². The largest absolute Gasteiger partial charge is 0.480 e. The van der Waals surface area contributed by atoms with E-state index in [-0.39, 0.29) is 4.21 Å². The molecule has 112 valence electrons. The van der Waals surface area contributed by atoms with Gasteiger partial charge in [-0.3, -0.25) is 4.79 Å². The fraction of sp³-hybridized carbons (Fsp3) is 0.545. The van der Waals surface area contributed by atoms with Crippen LogP contribution in [0.3, 0.4) is 0 Å². The van der Waals surface area contributed by atoms with E-state index in [4.69, 9.17) is 11.6 Å². The molecule has 1 fully saturated rings. The van der Waals surface area contributed by atoms with Crippen LogP contribution in [0.1, 0.15) is 32.1 Å². The Hall–Kier alpha value is -0.150. The molecule has 20 heavy (non-hydrogen) atoms. The number of hydrogen-bond acceptors (Lipinski definition) is 4. The van der Waals surface area contributed by atoms with E-state index in [1.807, 2.05) is 0 Å². The lowest BCUT2D eigenvalue weighted by Gasteiger charge is -2.33. The Labute approximate surface area is 134 Å². The topological polar surface area (TPSA) is 83.5 Å². The maximum atomic E-state index is 12.3. The van der Waals surface area contributed by atoms with E-state index in [1.165, 1.54) is 6.07 Å². The molecule has 0 saturated heterocycles. The molecule has 0 bridgehead atoms. The average Bonchev–Trinajstić information content (AvgIpc) is 2.71. The second-order valence-electron chi connectivity index (χ2n) is 4.74. The number of aliphatic carboxylic acids is 1. The Kier molecular flexibility index (Phi) is 4.80. The molecule has 1 aromatic rings. The maximum absolute atomic E-state index is 12.3. The summed E-state index contributed by atoms with van der Waals surface area (Å²) in [5.41, 5.74) is -1.40. The molecule has 1 heterocycles. The van der Waals surface area contributed by atoms with Gasteiger partial charge in [0.2, 0.25) is 0 Å². The van der Waals surface area contributed by atoms with Crippen LogP contribution in [0, 0.1) is 0 Å². The molecule has 9 heteroatoms. The summed E-state index contributed by atoms with van der Waals surface area (Å²) in [6, 6.07) is 1.32. The summed E-state index contributed by atoms with van der Waals surface area (Å²) in [4.78, 5) is 11.5. The molecule has 0 atom stereocenters. The van der Waals surface area contributed by atoms with Crippen LogP contribution in [-0.4, -0.2) is 25.0 Å². The molecule has 1 aliphatic carbocycles. The smallest absolute Gasteiger partial charge is 0.324 e. The summed E-state index contributed by atoms with van der Waals surface area (Å²) in [6.45, 7) is 0. The molecule has 2 N–H and O–H groups in total. The quantitative estimate of drug-likeness (QED) is 0.810. The highest BCUT2D eigenvalue weighted by Crippen LogP contribution is 2.36. The normalized spacial score (nSPS) is 18.9. The molecule has 0 aliphatic heterocycles. The van der Waals surface area contributed by atoms with Gasteiger partial charge in [-0.05, 0) is 34.8 Å². The number of sulfonamides is 1. The first-order valence-corrected chi connectivity index (χ1v) is 9.46. The fourth-order valence-electron chi connectivity index (χ4n) is 2.28. The summed E-state index contributed by atoms with van der Waals surface area (Å²) in [7, 11) is -3.89. The molecule has 0 radical (unpaired) electrons. The summed E-state index contributed by atoms with van der Waals surface area (Å²) in [5, 5.41) is 9.69. The molecule has 0 unspecified atom stereocenters. The van der Waals surface area contributed by atoms with Crippen LogP contribution in [0.4, 0.5) is 0 Å². The Morgan fingerprint density at radius 3 is 2.45 bits per heavy atom. The van der Waals surface area contributed by atoms with Gasteiger partial charge in [0.15, 0.2) is 0 Å². The lowest BCUT2D eigenvalue weighted by Crippen LogP contribution is -2.55. The van der Waals surface area contributed by atoms with E-state index >= 15 is 0 Å². The van der Waals surface area contributed by atoms with Crippen molar-refractivity contribution in [1.82, 2.24) is 4.72 Å². The number of nitrogens with one attached hydrogen (secondary N) is 1. The van der Waals surface area contributed by atoms with Gasteiger partial charge in [0, 0.05) is 0 Å². The summed E-state index contributed by atoms with van der Waals surface area (Å²) in [6.07, 6.45) is 2.93. The van der Waals surface area contributed by atoms with Crippen molar-refractivity contribution in [3.63, 3.8) is 0 Å². The molecule has 1 aliphatic rings. The van der Waals surface area contributed by atoms with E-state index in [1.54, 1.807) is 0 Å². The second kappa shape index (κ2) is 5.92. The van der Waals surface area contributed by atoms with Crippen LogP contribution < -0.4 is 4.72 Å². The van der Waals surface area contributed by atoms with Crippen molar-refractivity contribution in [3.05, 3.63) is 14.9 Å². The molecular weight excluding hydrogens is 390 g/mol. The molecule has 0 spiro atoms. The first-order valence-electron chi connectivity index (χ1n) is 5.99. The second-order valence-corrected chi connectivity index (χ2v) is 9.43. The lowest BCUT2D eigenvalue weighted by molar-refractivity contribution is -0.145. The Balaban J connectivity index is 2.32. The maximum Gasteiger partial charge on any atom is 0.324 e. The number of carbonyl (C=O) groups is 1. The highest BCUT2D eigenvalue weighted by molar-refractivity contribution is 9.11. The minimum absolute atomic E-state index is 0.0144. The third-order valence-corrected chi connectivity index (χ3v) is 7.82. The van der Waals surface area contributed by atoms with Crippen molar-refractivity contribution < 1.29 is 18.3 Å². The zero-order chi connectivity index (χ0) is 15.0. The van der Waals surface area contributed by atoms with Gasteiger partial charge in [-0.25, -0.2) is 8.42 Å². The van der Waals surface area contributed by atoms with Crippen LogP contribution >= 0.6 is 38.9 Å². The van der Waals surface area contributed by atoms with E-state index in [0.717, 1.165) is 17.8 Å². The van der Waals surface area contributed by atoms with Gasteiger partial charge in [0.05, 0.1) is 8.81 Å². The van der Waals surface area contributed by atoms with Crippen LogP contribution in [0.5, 0.6) is 0 Å². The van der Waals surface area contributed by atoms with Crippen molar-refractivity contribution in [2.24, 2.45) is 0 Å².